The lowest BCUT2D eigenvalue weighted by atomic mass is 10.1. The first-order chi connectivity index (χ1) is 12.5. The van der Waals surface area contributed by atoms with E-state index in [0.29, 0.717) is 16.8 Å². The molecule has 0 atom stereocenters. The summed E-state index contributed by atoms with van der Waals surface area (Å²) in [5.41, 5.74) is 2.14. The van der Waals surface area contributed by atoms with Crippen LogP contribution in [0.5, 0.6) is 0 Å². The first kappa shape index (κ1) is 19.4. The van der Waals surface area contributed by atoms with Crippen molar-refractivity contribution in [3.8, 4) is 0 Å². The average Bonchev–Trinajstić information content (AvgIpc) is 2.81. The Morgan fingerprint density at radius 2 is 1.59 bits per heavy atom. The number of hydrogen-bond acceptors (Lipinski definition) is 5. The van der Waals surface area contributed by atoms with E-state index >= 15 is 0 Å². The third kappa shape index (κ3) is 3.57. The molecule has 2 aromatic carbocycles. The zero-order valence-corrected chi connectivity index (χ0v) is 16.8. The van der Waals surface area contributed by atoms with Gasteiger partial charge in [-0.25, -0.2) is 21.1 Å². The van der Waals surface area contributed by atoms with Crippen LogP contribution >= 0.6 is 0 Å². The quantitative estimate of drug-likeness (QED) is 0.838. The number of carbonyl (C=O) groups excluding carboxylic acids is 1. The first-order valence-corrected chi connectivity index (χ1v) is 11.4. The molecule has 9 heteroatoms. The normalized spacial score (nSPS) is 16.6. The van der Waals surface area contributed by atoms with Crippen LogP contribution in [0.4, 0.5) is 11.4 Å². The maximum absolute atomic E-state index is 12.9. The van der Waals surface area contributed by atoms with Gasteiger partial charge in [0.25, 0.3) is 10.0 Å². The van der Waals surface area contributed by atoms with E-state index < -0.39 is 26.0 Å². The Balaban J connectivity index is 2.05. The maximum Gasteiger partial charge on any atom is 0.262 e. The van der Waals surface area contributed by atoms with Gasteiger partial charge in [-0.2, -0.15) is 0 Å². The molecular weight excluding hydrogens is 388 g/mol. The molecule has 0 radical (unpaired) electrons. The number of anilines is 2. The molecule has 1 amide bonds. The number of rotatable bonds is 4. The van der Waals surface area contributed by atoms with Crippen molar-refractivity contribution in [1.82, 2.24) is 0 Å². The predicted octanol–water partition coefficient (Wildman–Crippen LogP) is 2.48. The van der Waals surface area contributed by atoms with E-state index in [0.717, 1.165) is 9.87 Å². The number of amides is 1. The molecule has 0 unspecified atom stereocenters. The lowest BCUT2D eigenvalue weighted by Crippen LogP contribution is -2.29. The number of nitrogens with zero attached hydrogens (tertiary/aromatic N) is 1. The molecule has 0 spiro atoms. The van der Waals surface area contributed by atoms with Crippen molar-refractivity contribution in [2.45, 2.75) is 32.1 Å². The molecule has 1 saturated heterocycles. The second kappa shape index (κ2) is 6.65. The van der Waals surface area contributed by atoms with Crippen LogP contribution in [-0.4, -0.2) is 28.5 Å². The molecule has 144 valence electrons. The van der Waals surface area contributed by atoms with Crippen molar-refractivity contribution in [2.24, 2.45) is 0 Å². The highest BCUT2D eigenvalue weighted by Crippen LogP contribution is 2.32. The molecule has 0 aromatic heterocycles. The number of aryl methyl sites for hydroxylation is 3. The summed E-state index contributed by atoms with van der Waals surface area (Å²) in [5.74, 6) is -0.749. The minimum Gasteiger partial charge on any atom is -0.279 e. The Morgan fingerprint density at radius 1 is 1.00 bits per heavy atom. The van der Waals surface area contributed by atoms with Crippen LogP contribution in [0, 0.1) is 20.8 Å². The van der Waals surface area contributed by atoms with Crippen LogP contribution < -0.4 is 9.03 Å². The number of carbonyl (C=O) groups is 1. The predicted molar refractivity (Wildman–Crippen MR) is 104 cm³/mol. The number of hydrogen-bond donors (Lipinski definition) is 1. The third-order valence-corrected chi connectivity index (χ3v) is 7.78. The Kier molecular flexibility index (Phi) is 4.77. The average molecular weight is 409 g/mol. The fourth-order valence-corrected chi connectivity index (χ4v) is 6.25. The van der Waals surface area contributed by atoms with Crippen LogP contribution in [0.2, 0.25) is 0 Å². The van der Waals surface area contributed by atoms with Crippen LogP contribution in [0.1, 0.15) is 23.1 Å². The maximum atomic E-state index is 12.9. The summed E-state index contributed by atoms with van der Waals surface area (Å²) in [6, 6.07) is 9.84. The zero-order valence-electron chi connectivity index (χ0n) is 15.2. The lowest BCUT2D eigenvalue weighted by molar-refractivity contribution is -0.116. The van der Waals surface area contributed by atoms with Gasteiger partial charge in [0.15, 0.2) is 0 Å². The SMILES string of the molecule is Cc1ccccc1NS(=O)(=O)c1c(C)cc(N2C(=O)CCS2(=O)=O)cc1C. The van der Waals surface area contributed by atoms with Crippen molar-refractivity contribution in [1.29, 1.82) is 0 Å². The van der Waals surface area contributed by atoms with Gasteiger partial charge in [-0.3, -0.25) is 9.52 Å². The second-order valence-corrected chi connectivity index (χ2v) is 10.1. The fraction of sp³-hybridized carbons (Fsp3) is 0.278. The molecule has 0 bridgehead atoms. The fourth-order valence-electron chi connectivity index (χ4n) is 3.22. The summed E-state index contributed by atoms with van der Waals surface area (Å²) in [7, 11) is -7.59. The number of benzene rings is 2. The van der Waals surface area contributed by atoms with Gasteiger partial charge in [0, 0.05) is 6.42 Å². The molecule has 1 N–H and O–H groups in total. The molecule has 1 aliphatic rings. The summed E-state index contributed by atoms with van der Waals surface area (Å²) in [5, 5.41) is 0. The molecule has 7 nitrogen and oxygen atoms in total. The van der Waals surface area contributed by atoms with E-state index in [4.69, 9.17) is 0 Å². The van der Waals surface area contributed by atoms with Crippen molar-refractivity contribution in [3.63, 3.8) is 0 Å². The Labute approximate surface area is 159 Å². The summed E-state index contributed by atoms with van der Waals surface area (Å²) >= 11 is 0. The van der Waals surface area contributed by atoms with Gasteiger partial charge in [-0.15, -0.1) is 0 Å². The van der Waals surface area contributed by atoms with E-state index in [2.05, 4.69) is 4.72 Å². The summed E-state index contributed by atoms with van der Waals surface area (Å²) in [4.78, 5) is 12.1. The molecule has 27 heavy (non-hydrogen) atoms. The largest absolute Gasteiger partial charge is 0.279 e. The van der Waals surface area contributed by atoms with Gasteiger partial charge in [0.05, 0.1) is 22.0 Å². The van der Waals surface area contributed by atoms with Crippen LogP contribution in [0.3, 0.4) is 0 Å². The third-order valence-electron chi connectivity index (χ3n) is 4.42. The molecule has 1 fully saturated rings. The molecule has 0 saturated carbocycles. The highest BCUT2D eigenvalue weighted by Gasteiger charge is 2.37. The first-order valence-electron chi connectivity index (χ1n) is 8.28. The number of para-hydroxylation sites is 1. The molecular formula is C18H20N2O5S2. The van der Waals surface area contributed by atoms with E-state index in [-0.39, 0.29) is 22.8 Å². The molecule has 3 rings (SSSR count). The monoisotopic (exact) mass is 408 g/mol. The van der Waals surface area contributed by atoms with Gasteiger partial charge < -0.3 is 0 Å². The Hall–Kier alpha value is -2.39. The highest BCUT2D eigenvalue weighted by atomic mass is 32.2. The topological polar surface area (TPSA) is 101 Å². The van der Waals surface area contributed by atoms with E-state index in [1.165, 1.54) is 12.1 Å². The van der Waals surface area contributed by atoms with Gasteiger partial charge in [-0.05, 0) is 55.7 Å². The standard InChI is InChI=1S/C18H20N2O5S2/c1-12-6-4-5-7-16(12)19-27(24,25)18-13(2)10-15(11-14(18)3)20-17(21)8-9-26(20,22)23/h4-7,10-11,19H,8-9H2,1-3H3. The Morgan fingerprint density at radius 3 is 2.11 bits per heavy atom. The number of sulfonamides is 2. The van der Waals surface area contributed by atoms with Crippen molar-refractivity contribution >= 4 is 37.3 Å². The smallest absolute Gasteiger partial charge is 0.262 e. The van der Waals surface area contributed by atoms with Gasteiger partial charge in [0.1, 0.15) is 0 Å². The van der Waals surface area contributed by atoms with E-state index in [1.807, 2.05) is 6.07 Å². The van der Waals surface area contributed by atoms with Gasteiger partial charge >= 0.3 is 0 Å². The summed E-state index contributed by atoms with van der Waals surface area (Å²) in [6.45, 7) is 4.96. The minimum atomic E-state index is -3.88. The molecule has 2 aromatic rings. The van der Waals surface area contributed by atoms with Crippen molar-refractivity contribution in [2.75, 3.05) is 14.8 Å². The Bertz CT molecular complexity index is 1120. The number of nitrogens with one attached hydrogen (secondary N) is 1. The zero-order chi connectivity index (χ0) is 20.0. The van der Waals surface area contributed by atoms with Crippen molar-refractivity contribution in [3.05, 3.63) is 53.1 Å². The van der Waals surface area contributed by atoms with Crippen LogP contribution in [0.15, 0.2) is 41.3 Å². The summed E-state index contributed by atoms with van der Waals surface area (Å²) in [6.07, 6.45) is -0.0741. The van der Waals surface area contributed by atoms with E-state index in [9.17, 15) is 21.6 Å². The van der Waals surface area contributed by atoms with Crippen LogP contribution in [-0.2, 0) is 24.8 Å². The molecule has 1 aliphatic heterocycles. The lowest BCUT2D eigenvalue weighted by Gasteiger charge is -2.19. The summed E-state index contributed by atoms with van der Waals surface area (Å²) < 4.78 is 53.4. The molecule has 0 aliphatic carbocycles. The van der Waals surface area contributed by atoms with Gasteiger partial charge in [0.2, 0.25) is 15.9 Å². The second-order valence-electron chi connectivity index (χ2n) is 6.55. The minimum absolute atomic E-state index is 0.0681. The van der Waals surface area contributed by atoms with E-state index in [1.54, 1.807) is 39.0 Å². The van der Waals surface area contributed by atoms with Crippen molar-refractivity contribution < 1.29 is 21.6 Å². The molecule has 1 heterocycles. The highest BCUT2D eigenvalue weighted by molar-refractivity contribution is 7.94. The van der Waals surface area contributed by atoms with Gasteiger partial charge in [-0.1, -0.05) is 18.2 Å². The van der Waals surface area contributed by atoms with Crippen LogP contribution in [0.25, 0.3) is 0 Å².